The van der Waals surface area contributed by atoms with Crippen LogP contribution in [0.25, 0.3) is 33.5 Å². The van der Waals surface area contributed by atoms with Gasteiger partial charge >= 0.3 is 34.7 Å². The number of phosphoric ester groups is 2. The zero-order chi connectivity index (χ0) is 55.0. The van der Waals surface area contributed by atoms with Gasteiger partial charge in [-0.25, -0.2) is 42.3 Å². The zero-order valence-electron chi connectivity index (χ0n) is 38.9. The van der Waals surface area contributed by atoms with Gasteiger partial charge in [-0.3, -0.25) is 46.8 Å². The van der Waals surface area contributed by atoms with E-state index >= 15 is 0 Å². The van der Waals surface area contributed by atoms with E-state index in [-0.39, 0.29) is 51.2 Å². The van der Waals surface area contributed by atoms with Gasteiger partial charge in [0.15, 0.2) is 41.4 Å². The van der Waals surface area contributed by atoms with Crippen molar-refractivity contribution in [1.82, 2.24) is 53.6 Å². The summed E-state index contributed by atoms with van der Waals surface area (Å²) in [5, 5.41) is 33.0. The second kappa shape index (κ2) is 21.4. The molecule has 16 unspecified atom stereocenters. The Morgan fingerprint density at radius 3 is 1.93 bits per heavy atom. The van der Waals surface area contributed by atoms with Crippen LogP contribution in [0.15, 0.2) is 34.9 Å². The molecule has 9 heterocycles. The first-order valence-corrected chi connectivity index (χ1v) is 29.7. The molecule has 16 atom stereocenters. The van der Waals surface area contributed by atoms with Crippen LogP contribution in [-0.4, -0.2) is 177 Å². The zero-order valence-corrected chi connectivity index (χ0v) is 44.1. The lowest BCUT2D eigenvalue weighted by molar-refractivity contribution is -0.745. The summed E-state index contributed by atoms with van der Waals surface area (Å²) in [4.78, 5) is 97.6. The fourth-order valence-corrected chi connectivity index (χ4v) is 15.0. The molecule has 6 aromatic heterocycles. The largest absolute Gasteiger partial charge is 0.479 e. The maximum Gasteiger partial charge on any atom is 0.479 e. The van der Waals surface area contributed by atoms with Crippen molar-refractivity contribution < 1.29 is 99.0 Å². The summed E-state index contributed by atoms with van der Waals surface area (Å²) in [7, 11) is -7.37. The van der Waals surface area contributed by atoms with Crippen LogP contribution in [-0.2, 0) is 90.2 Å². The number of nitrogen functional groups attached to an aromatic ring is 3. The van der Waals surface area contributed by atoms with E-state index in [4.69, 9.17) is 82.6 Å². The standard InChI is InChI=1S/C33H45N15O22P4S2/c1-45-10-48(26-16(45)28(53)44-33(36)42-26)30-19(51)20(60-2)12(66-30)5-62-71(54,55)69-74(59,76)70-72(56,57)63-6-13-21(22(61-3)31(67-13)46-8-39-14-23(34)37-7-38-24(14)46)68-73(58,75)64-4-11-17(49)18(50)29(65-11)47-9-40-15-25(47)41-32(35)43-27(15)52/h7-13,17-22,29-31,49-51H,4-6H2,1-3H3,(H11-,34,35,36,37,38,41,42,43,44,52,53,54,55,56,57,58,59,75,76)/p+1. The number of aromatic nitrogens is 12. The number of H-pyrrole nitrogens is 2. The summed E-state index contributed by atoms with van der Waals surface area (Å²) in [6, 6.07) is 0. The highest BCUT2D eigenvalue weighted by Gasteiger charge is 2.53. The van der Waals surface area contributed by atoms with Gasteiger partial charge in [0.05, 0.1) is 39.5 Å². The number of aliphatic hydroxyl groups excluding tert-OH is 3. The van der Waals surface area contributed by atoms with Gasteiger partial charge in [-0.15, -0.1) is 0 Å². The molecule has 3 aliphatic rings. The van der Waals surface area contributed by atoms with Crippen molar-refractivity contribution in [3.8, 4) is 0 Å². The number of nitrogens with zero attached hydrogens (tertiary/aromatic N) is 10. The van der Waals surface area contributed by atoms with Gasteiger partial charge in [-0.05, 0) is 23.6 Å². The Morgan fingerprint density at radius 1 is 0.697 bits per heavy atom. The molecule has 0 aromatic carbocycles. The molecule has 3 aliphatic heterocycles. The van der Waals surface area contributed by atoms with E-state index in [9.17, 15) is 53.6 Å². The average Bonchev–Trinajstić information content (AvgIpc) is 4.18. The molecule has 0 saturated carbocycles. The number of methoxy groups -OCH3 is 2. The highest BCUT2D eigenvalue weighted by atomic mass is 32.5. The monoisotopic (exact) mass is 1190 g/mol. The van der Waals surface area contributed by atoms with E-state index in [2.05, 4.69) is 48.5 Å². The number of phosphoric acid groups is 2. The fraction of sp³-hybridized carbons (Fsp3) is 0.545. The molecule has 15 N–H and O–H groups in total. The number of aryl methyl sites for hydroxylation is 1. The Hall–Kier alpha value is -4.31. The van der Waals surface area contributed by atoms with E-state index in [0.717, 1.165) is 17.2 Å². The second-order valence-electron chi connectivity index (χ2n) is 16.7. The summed E-state index contributed by atoms with van der Waals surface area (Å²) >= 11 is 10.1. The van der Waals surface area contributed by atoms with Crippen molar-refractivity contribution in [3.63, 3.8) is 0 Å². The van der Waals surface area contributed by atoms with Gasteiger partial charge in [-0.2, -0.15) is 4.98 Å². The first-order valence-electron chi connectivity index (χ1n) is 21.5. The number of rotatable bonds is 20. The summed E-state index contributed by atoms with van der Waals surface area (Å²) in [5.41, 5.74) is 16.1. The molecule has 3 fully saturated rings. The predicted molar refractivity (Wildman–Crippen MR) is 257 cm³/mol. The second-order valence-corrected chi connectivity index (χ2v) is 25.5. The van der Waals surface area contributed by atoms with Crippen molar-refractivity contribution in [2.75, 3.05) is 51.2 Å². The Labute approximate surface area is 433 Å². The molecular formula is C33H46N15O22P4S2+. The van der Waals surface area contributed by atoms with Gasteiger partial charge in [0.1, 0.15) is 66.8 Å². The lowest BCUT2D eigenvalue weighted by Gasteiger charge is -2.28. The molecule has 9 rings (SSSR count). The van der Waals surface area contributed by atoms with E-state index in [1.165, 1.54) is 47.6 Å². The maximum atomic E-state index is 13.4. The number of ether oxygens (including phenoxy) is 5. The number of aliphatic hydroxyl groups is 3. The number of aromatic amines is 2. The number of nitrogens with two attached hydrogens (primary N) is 3. The van der Waals surface area contributed by atoms with Crippen molar-refractivity contribution in [2.45, 2.75) is 73.6 Å². The Kier molecular flexibility index (Phi) is 15.9. The first kappa shape index (κ1) is 56.4. The van der Waals surface area contributed by atoms with E-state index < -0.39 is 134 Å². The molecule has 0 bridgehead atoms. The number of nitrogens with one attached hydrogen (secondary N) is 2. The molecule has 3 saturated heterocycles. The number of fused-ring (bicyclic) bond motifs is 3. The third-order valence-corrected chi connectivity index (χ3v) is 18.8. The Bertz CT molecular complexity index is 3500. The van der Waals surface area contributed by atoms with Crippen molar-refractivity contribution in [3.05, 3.63) is 46.0 Å². The molecule has 43 heteroatoms. The lowest BCUT2D eigenvalue weighted by atomic mass is 10.1. The van der Waals surface area contributed by atoms with Gasteiger partial charge in [0, 0.05) is 14.2 Å². The highest BCUT2D eigenvalue weighted by Crippen LogP contribution is 2.68. The quantitative estimate of drug-likeness (QED) is 0.0257. The predicted octanol–water partition coefficient (Wildman–Crippen LogP) is -3.82. The summed E-state index contributed by atoms with van der Waals surface area (Å²) < 4.78 is 91.4. The molecule has 37 nitrogen and oxygen atoms in total. The Morgan fingerprint density at radius 2 is 1.28 bits per heavy atom. The van der Waals surface area contributed by atoms with Crippen LogP contribution in [0.3, 0.4) is 0 Å². The number of hydrogen-bond acceptors (Lipinski definition) is 29. The summed E-state index contributed by atoms with van der Waals surface area (Å²) in [6.45, 7) is -12.6. The first-order chi connectivity index (χ1) is 35.7. The third-order valence-electron chi connectivity index (χ3n) is 11.8. The lowest BCUT2D eigenvalue weighted by Crippen LogP contribution is -2.46. The van der Waals surface area contributed by atoms with Crippen LogP contribution in [0.4, 0.5) is 17.7 Å². The summed E-state index contributed by atoms with van der Waals surface area (Å²) in [6.07, 6.45) is -12.8. The number of imidazole rings is 3. The van der Waals surface area contributed by atoms with E-state index in [1.54, 1.807) is 0 Å². The van der Waals surface area contributed by atoms with Crippen LogP contribution in [0, 0.1) is 0 Å². The van der Waals surface area contributed by atoms with Crippen LogP contribution in [0.1, 0.15) is 18.7 Å². The Balaban J connectivity index is 0.866. The number of anilines is 3. The molecule has 76 heavy (non-hydrogen) atoms. The minimum absolute atomic E-state index is 0.00286. The molecule has 6 aromatic rings. The third kappa shape index (κ3) is 11.3. The van der Waals surface area contributed by atoms with Crippen molar-refractivity contribution >= 4 is 104 Å². The molecule has 0 radical (unpaired) electrons. The van der Waals surface area contributed by atoms with Crippen LogP contribution >= 0.6 is 29.1 Å². The maximum absolute atomic E-state index is 13.4. The molecule has 0 aliphatic carbocycles. The normalized spacial score (nSPS) is 30.2. The highest BCUT2D eigenvalue weighted by molar-refractivity contribution is 8.09. The minimum Gasteiger partial charge on any atom is -0.387 e. The molecular weight excluding hydrogens is 1150 g/mol. The molecule has 416 valence electrons. The van der Waals surface area contributed by atoms with E-state index in [1.807, 2.05) is 0 Å². The van der Waals surface area contributed by atoms with Crippen molar-refractivity contribution in [1.29, 1.82) is 0 Å². The topological polar surface area (TPSA) is 517 Å². The molecule has 0 amide bonds. The smallest absolute Gasteiger partial charge is 0.387 e. The van der Waals surface area contributed by atoms with Crippen LogP contribution in [0.5, 0.6) is 0 Å². The van der Waals surface area contributed by atoms with Crippen LogP contribution in [0.2, 0.25) is 0 Å². The van der Waals surface area contributed by atoms with Gasteiger partial charge in [0.2, 0.25) is 17.7 Å². The van der Waals surface area contributed by atoms with Crippen LogP contribution < -0.4 is 32.9 Å². The SMILES string of the molecule is COC1C(COP(=O)(O)OP(O)(=S)OP(=O)(O)OCC2OC(n3cnc4c(N)ncnc43)C(OC)C2OP(O)(=S)OCC2OC(n3cnc4c(=O)[nH]c(N)nc43)C(O)C2O)OC([n+]2cn(C)c3c(=O)[nH]c(N)nc32)C1O. The minimum atomic E-state index is -5.69. The molecule has 0 spiro atoms. The summed E-state index contributed by atoms with van der Waals surface area (Å²) in [5.74, 6) is -0.554. The van der Waals surface area contributed by atoms with Gasteiger partial charge in [-0.1, -0.05) is 4.98 Å². The fourth-order valence-electron chi connectivity index (χ4n) is 8.57. The average molecular weight is 1190 g/mol. The number of hydrogen-bond donors (Lipinski definition) is 12. The van der Waals surface area contributed by atoms with Gasteiger partial charge in [0.25, 0.3) is 17.1 Å². The van der Waals surface area contributed by atoms with Gasteiger partial charge < -0.3 is 80.3 Å². The van der Waals surface area contributed by atoms with Crippen molar-refractivity contribution in [2.24, 2.45) is 7.05 Å². The van der Waals surface area contributed by atoms with E-state index in [0.29, 0.717) is 0 Å².